The zero-order valence-electron chi connectivity index (χ0n) is 17.3. The molecule has 3 aromatic carbocycles. The summed E-state index contributed by atoms with van der Waals surface area (Å²) in [5.74, 6) is 1.66. The maximum atomic E-state index is 12.3. The molecule has 1 aromatic heterocycles. The SMILES string of the molecule is COc1ccc(C(=O)NCCCc2nc3ccccc3n2Cc2ccc(Cl)cc2)cc1. The fourth-order valence-corrected chi connectivity index (χ4v) is 3.68. The molecule has 31 heavy (non-hydrogen) atoms. The smallest absolute Gasteiger partial charge is 0.251 e. The molecule has 0 fully saturated rings. The van der Waals surface area contributed by atoms with Gasteiger partial charge < -0.3 is 14.6 Å². The molecular weight excluding hydrogens is 410 g/mol. The van der Waals surface area contributed by atoms with Crippen LogP contribution in [-0.2, 0) is 13.0 Å². The van der Waals surface area contributed by atoms with Crippen molar-refractivity contribution in [2.45, 2.75) is 19.4 Å². The first kappa shape index (κ1) is 20.9. The Morgan fingerprint density at radius 3 is 2.52 bits per heavy atom. The number of para-hydroxylation sites is 2. The summed E-state index contributed by atoms with van der Waals surface area (Å²) in [4.78, 5) is 17.2. The molecule has 1 amide bonds. The summed E-state index contributed by atoms with van der Waals surface area (Å²) in [5, 5.41) is 3.71. The Hall–Kier alpha value is -3.31. The average molecular weight is 434 g/mol. The molecule has 4 rings (SSSR count). The van der Waals surface area contributed by atoms with E-state index < -0.39 is 0 Å². The molecule has 0 aliphatic heterocycles. The number of nitrogens with one attached hydrogen (secondary N) is 1. The van der Waals surface area contributed by atoms with E-state index in [1.807, 2.05) is 42.5 Å². The minimum Gasteiger partial charge on any atom is -0.497 e. The molecule has 0 unspecified atom stereocenters. The van der Waals surface area contributed by atoms with E-state index >= 15 is 0 Å². The van der Waals surface area contributed by atoms with E-state index in [0.717, 1.165) is 47.0 Å². The molecule has 4 aromatic rings. The lowest BCUT2D eigenvalue weighted by atomic mass is 10.2. The van der Waals surface area contributed by atoms with Crippen molar-refractivity contribution in [3.05, 3.63) is 94.8 Å². The third kappa shape index (κ3) is 5.06. The highest BCUT2D eigenvalue weighted by atomic mass is 35.5. The van der Waals surface area contributed by atoms with Crippen LogP contribution in [0.4, 0.5) is 0 Å². The number of imidazole rings is 1. The van der Waals surface area contributed by atoms with E-state index in [1.165, 1.54) is 5.56 Å². The van der Waals surface area contributed by atoms with Crippen molar-refractivity contribution in [3.63, 3.8) is 0 Å². The van der Waals surface area contributed by atoms with Gasteiger partial charge in [0.25, 0.3) is 5.91 Å². The number of amides is 1. The Morgan fingerprint density at radius 2 is 1.77 bits per heavy atom. The molecule has 0 saturated heterocycles. The monoisotopic (exact) mass is 433 g/mol. The molecule has 0 bridgehead atoms. The van der Waals surface area contributed by atoms with Crippen LogP contribution in [-0.4, -0.2) is 29.1 Å². The van der Waals surface area contributed by atoms with Crippen LogP contribution in [0.3, 0.4) is 0 Å². The van der Waals surface area contributed by atoms with Crippen LogP contribution in [0.5, 0.6) is 5.75 Å². The van der Waals surface area contributed by atoms with E-state index in [1.54, 1.807) is 31.4 Å². The van der Waals surface area contributed by atoms with Gasteiger partial charge in [0.1, 0.15) is 11.6 Å². The Labute approximate surface area is 186 Å². The topological polar surface area (TPSA) is 56.1 Å². The standard InChI is InChI=1S/C25H24ClN3O2/c1-31-21-14-10-19(11-15-21)25(30)27-16-4-7-24-28-22-5-2-3-6-23(22)29(24)17-18-8-12-20(26)13-9-18/h2-3,5-6,8-15H,4,7,16-17H2,1H3,(H,27,30). The Morgan fingerprint density at radius 1 is 1.03 bits per heavy atom. The third-order valence-corrected chi connectivity index (χ3v) is 5.45. The third-order valence-electron chi connectivity index (χ3n) is 5.20. The Kier molecular flexibility index (Phi) is 6.53. The number of halogens is 1. The van der Waals surface area contributed by atoms with Crippen molar-refractivity contribution in [3.8, 4) is 5.75 Å². The number of fused-ring (bicyclic) bond motifs is 1. The van der Waals surface area contributed by atoms with Crippen molar-refractivity contribution in [2.75, 3.05) is 13.7 Å². The van der Waals surface area contributed by atoms with Crippen molar-refractivity contribution in [2.24, 2.45) is 0 Å². The van der Waals surface area contributed by atoms with Gasteiger partial charge in [-0.25, -0.2) is 4.98 Å². The average Bonchev–Trinajstić information content (AvgIpc) is 3.15. The first-order valence-corrected chi connectivity index (χ1v) is 10.6. The number of nitrogens with zero attached hydrogens (tertiary/aromatic N) is 2. The Balaban J connectivity index is 1.41. The normalized spacial score (nSPS) is 10.9. The lowest BCUT2D eigenvalue weighted by Crippen LogP contribution is -2.25. The quantitative estimate of drug-likeness (QED) is 0.393. The number of carbonyl (C=O) groups excluding carboxylic acids is 1. The summed E-state index contributed by atoms with van der Waals surface area (Å²) < 4.78 is 7.37. The summed E-state index contributed by atoms with van der Waals surface area (Å²) in [5.41, 5.74) is 3.88. The van der Waals surface area contributed by atoms with Gasteiger partial charge in [-0.1, -0.05) is 35.9 Å². The molecule has 1 N–H and O–H groups in total. The van der Waals surface area contributed by atoms with E-state index in [4.69, 9.17) is 21.3 Å². The maximum absolute atomic E-state index is 12.3. The number of benzene rings is 3. The van der Waals surface area contributed by atoms with Gasteiger partial charge in [0.15, 0.2) is 0 Å². The van der Waals surface area contributed by atoms with Gasteiger partial charge in [0.2, 0.25) is 0 Å². The lowest BCUT2D eigenvalue weighted by molar-refractivity contribution is 0.0953. The molecule has 0 radical (unpaired) electrons. The number of rotatable bonds is 8. The van der Waals surface area contributed by atoms with Crippen LogP contribution in [0.2, 0.25) is 5.02 Å². The second kappa shape index (κ2) is 9.67. The summed E-state index contributed by atoms with van der Waals surface area (Å²) in [7, 11) is 1.61. The zero-order valence-corrected chi connectivity index (χ0v) is 18.1. The van der Waals surface area contributed by atoms with Gasteiger partial charge in [-0.2, -0.15) is 0 Å². The van der Waals surface area contributed by atoms with E-state index in [2.05, 4.69) is 16.0 Å². The van der Waals surface area contributed by atoms with Gasteiger partial charge in [0, 0.05) is 30.1 Å². The molecule has 0 aliphatic carbocycles. The summed E-state index contributed by atoms with van der Waals surface area (Å²) in [6.45, 7) is 1.31. The highest BCUT2D eigenvalue weighted by Gasteiger charge is 2.11. The molecule has 1 heterocycles. The first-order chi connectivity index (χ1) is 15.1. The largest absolute Gasteiger partial charge is 0.497 e. The summed E-state index contributed by atoms with van der Waals surface area (Å²) >= 11 is 6.03. The van der Waals surface area contributed by atoms with Crippen LogP contribution in [0.15, 0.2) is 72.8 Å². The molecule has 6 heteroatoms. The van der Waals surface area contributed by atoms with E-state index in [9.17, 15) is 4.79 Å². The second-order valence-electron chi connectivity index (χ2n) is 7.32. The molecule has 5 nitrogen and oxygen atoms in total. The van der Waals surface area contributed by atoms with Crippen molar-refractivity contribution < 1.29 is 9.53 Å². The molecule has 158 valence electrons. The number of aromatic nitrogens is 2. The predicted octanol–water partition coefficient (Wildman–Crippen LogP) is 5.11. The van der Waals surface area contributed by atoms with Crippen LogP contribution in [0.25, 0.3) is 11.0 Å². The van der Waals surface area contributed by atoms with Gasteiger partial charge in [-0.05, 0) is 60.5 Å². The van der Waals surface area contributed by atoms with Gasteiger partial charge >= 0.3 is 0 Å². The van der Waals surface area contributed by atoms with Gasteiger partial charge in [0.05, 0.1) is 18.1 Å². The fraction of sp³-hybridized carbons (Fsp3) is 0.200. The van der Waals surface area contributed by atoms with Crippen molar-refractivity contribution >= 4 is 28.5 Å². The molecule has 0 saturated carbocycles. The summed E-state index contributed by atoms with van der Waals surface area (Å²) in [6.07, 6.45) is 1.57. The van der Waals surface area contributed by atoms with E-state index in [-0.39, 0.29) is 5.91 Å². The first-order valence-electron chi connectivity index (χ1n) is 10.2. The molecule has 0 spiro atoms. The maximum Gasteiger partial charge on any atom is 0.251 e. The molecule has 0 atom stereocenters. The molecule has 0 aliphatic rings. The summed E-state index contributed by atoms with van der Waals surface area (Å²) in [6, 6.07) is 23.1. The highest BCUT2D eigenvalue weighted by molar-refractivity contribution is 6.30. The van der Waals surface area contributed by atoms with Crippen LogP contribution in [0, 0.1) is 0 Å². The number of carbonyl (C=O) groups is 1. The number of hydrogen-bond acceptors (Lipinski definition) is 3. The lowest BCUT2D eigenvalue weighted by Gasteiger charge is -2.10. The van der Waals surface area contributed by atoms with Crippen molar-refractivity contribution in [1.82, 2.24) is 14.9 Å². The fourth-order valence-electron chi connectivity index (χ4n) is 3.56. The number of hydrogen-bond donors (Lipinski definition) is 1. The number of aryl methyl sites for hydroxylation is 1. The second-order valence-corrected chi connectivity index (χ2v) is 7.75. The van der Waals surface area contributed by atoms with Crippen LogP contribution in [0.1, 0.15) is 28.2 Å². The number of methoxy groups -OCH3 is 1. The predicted molar refractivity (Wildman–Crippen MR) is 124 cm³/mol. The van der Waals surface area contributed by atoms with E-state index in [0.29, 0.717) is 12.1 Å². The number of ether oxygens (including phenoxy) is 1. The minimum atomic E-state index is -0.0858. The highest BCUT2D eigenvalue weighted by Crippen LogP contribution is 2.20. The van der Waals surface area contributed by atoms with Crippen LogP contribution >= 0.6 is 11.6 Å². The van der Waals surface area contributed by atoms with Gasteiger partial charge in [-0.3, -0.25) is 4.79 Å². The minimum absolute atomic E-state index is 0.0858. The zero-order chi connectivity index (χ0) is 21.6. The van der Waals surface area contributed by atoms with Crippen LogP contribution < -0.4 is 10.1 Å². The molecular formula is C25H24ClN3O2. The van der Waals surface area contributed by atoms with Gasteiger partial charge in [-0.15, -0.1) is 0 Å². The Bertz CT molecular complexity index is 1170. The van der Waals surface area contributed by atoms with Crippen molar-refractivity contribution in [1.29, 1.82) is 0 Å².